The molecule has 0 spiro atoms. The number of rotatable bonds is 4. The topological polar surface area (TPSA) is 57.7 Å². The highest BCUT2D eigenvalue weighted by atomic mass is 32.2. The maximum atomic E-state index is 13.3. The van der Waals surface area contributed by atoms with Gasteiger partial charge in [-0.3, -0.25) is 4.79 Å². The van der Waals surface area contributed by atoms with E-state index in [0.717, 1.165) is 10.4 Å². The number of sulfonamides is 1. The summed E-state index contributed by atoms with van der Waals surface area (Å²) in [6, 6.07) is 4.10. The minimum absolute atomic E-state index is 0.0168. The van der Waals surface area contributed by atoms with E-state index in [0.29, 0.717) is 5.75 Å². The first-order valence-corrected chi connectivity index (χ1v) is 9.46. The fourth-order valence-electron chi connectivity index (χ4n) is 2.11. The van der Waals surface area contributed by atoms with Crippen molar-refractivity contribution in [3.63, 3.8) is 0 Å². The highest BCUT2D eigenvalue weighted by Crippen LogP contribution is 2.29. The maximum absolute atomic E-state index is 13.3. The zero-order valence-corrected chi connectivity index (χ0v) is 14.3. The van der Waals surface area contributed by atoms with Gasteiger partial charge in [-0.05, 0) is 32.0 Å². The van der Waals surface area contributed by atoms with Crippen LogP contribution in [-0.4, -0.2) is 54.3 Å². The minimum atomic E-state index is -3.89. The molecule has 1 atom stereocenters. The largest absolute Gasteiger partial charge is 0.342 e. The van der Waals surface area contributed by atoms with Gasteiger partial charge in [-0.2, -0.15) is 4.31 Å². The standard InChI is InChI=1S/C14H19FN2O3S2/c1-10(2)16(3)14(18)13-8-21-9-17(13)22(19,20)12-6-4-5-11(15)7-12/h4-7,10,13H,8-9H2,1-3H3. The second kappa shape index (κ2) is 6.55. The highest BCUT2D eigenvalue weighted by molar-refractivity contribution is 8.00. The van der Waals surface area contributed by atoms with E-state index in [1.54, 1.807) is 7.05 Å². The fraction of sp³-hybridized carbons (Fsp3) is 0.500. The van der Waals surface area contributed by atoms with Gasteiger partial charge >= 0.3 is 0 Å². The lowest BCUT2D eigenvalue weighted by atomic mass is 10.2. The Morgan fingerprint density at radius 2 is 2.14 bits per heavy atom. The van der Waals surface area contributed by atoms with Gasteiger partial charge in [0.15, 0.2) is 0 Å². The van der Waals surface area contributed by atoms with Crippen molar-refractivity contribution < 1.29 is 17.6 Å². The van der Waals surface area contributed by atoms with Gasteiger partial charge in [-0.25, -0.2) is 12.8 Å². The van der Waals surface area contributed by atoms with E-state index in [2.05, 4.69) is 0 Å². The quantitative estimate of drug-likeness (QED) is 0.833. The summed E-state index contributed by atoms with van der Waals surface area (Å²) in [5, 5.41) is 0. The summed E-state index contributed by atoms with van der Waals surface area (Å²) in [6.07, 6.45) is 0. The van der Waals surface area contributed by atoms with Crippen LogP contribution >= 0.6 is 11.8 Å². The first-order chi connectivity index (χ1) is 10.2. The van der Waals surface area contributed by atoms with Gasteiger partial charge in [-0.1, -0.05) is 6.07 Å². The molecule has 2 rings (SSSR count). The molecule has 1 saturated heterocycles. The molecule has 1 unspecified atom stereocenters. The highest BCUT2D eigenvalue weighted by Gasteiger charge is 2.41. The number of thioether (sulfide) groups is 1. The summed E-state index contributed by atoms with van der Waals surface area (Å²) < 4.78 is 39.8. The minimum Gasteiger partial charge on any atom is -0.342 e. The number of carbonyl (C=O) groups is 1. The van der Waals surface area contributed by atoms with E-state index in [9.17, 15) is 17.6 Å². The Balaban J connectivity index is 2.32. The molecule has 0 aliphatic carbocycles. The number of nitrogens with zero attached hydrogens (tertiary/aromatic N) is 2. The number of hydrogen-bond donors (Lipinski definition) is 0. The predicted octanol–water partition coefficient (Wildman–Crippen LogP) is 1.76. The Bertz CT molecular complexity index is 664. The van der Waals surface area contributed by atoms with Crippen LogP contribution < -0.4 is 0 Å². The van der Waals surface area contributed by atoms with Crippen molar-refractivity contribution in [3.05, 3.63) is 30.1 Å². The van der Waals surface area contributed by atoms with Crippen LogP contribution in [0.15, 0.2) is 29.2 Å². The van der Waals surface area contributed by atoms with Gasteiger partial charge in [0.2, 0.25) is 15.9 Å². The average molecular weight is 346 g/mol. The third-order valence-corrected chi connectivity index (χ3v) is 6.68. The van der Waals surface area contributed by atoms with Crippen molar-refractivity contribution in [2.24, 2.45) is 0 Å². The second-order valence-electron chi connectivity index (χ2n) is 5.41. The van der Waals surface area contributed by atoms with Crippen molar-refractivity contribution in [3.8, 4) is 0 Å². The zero-order chi connectivity index (χ0) is 16.5. The van der Waals surface area contributed by atoms with E-state index in [1.807, 2.05) is 13.8 Å². The molecular formula is C14H19FN2O3S2. The van der Waals surface area contributed by atoms with Crippen LogP contribution in [0.1, 0.15) is 13.8 Å². The molecule has 8 heteroatoms. The SMILES string of the molecule is CC(C)N(C)C(=O)C1CSCN1S(=O)(=O)c1cccc(F)c1. The Hall–Kier alpha value is -1.12. The lowest BCUT2D eigenvalue weighted by Crippen LogP contribution is -2.49. The molecule has 22 heavy (non-hydrogen) atoms. The van der Waals surface area contributed by atoms with Crippen molar-refractivity contribution >= 4 is 27.7 Å². The first kappa shape index (κ1) is 17.2. The van der Waals surface area contributed by atoms with E-state index in [-0.39, 0.29) is 22.7 Å². The van der Waals surface area contributed by atoms with Crippen molar-refractivity contribution in [2.75, 3.05) is 18.7 Å². The monoisotopic (exact) mass is 346 g/mol. The molecule has 1 aromatic rings. The Kier molecular flexibility index (Phi) is 5.14. The van der Waals surface area contributed by atoms with E-state index < -0.39 is 21.9 Å². The van der Waals surface area contributed by atoms with Crippen LogP contribution in [0.5, 0.6) is 0 Å². The number of benzene rings is 1. The van der Waals surface area contributed by atoms with E-state index >= 15 is 0 Å². The summed E-state index contributed by atoms with van der Waals surface area (Å²) in [7, 11) is -2.23. The number of likely N-dealkylation sites (N-methyl/N-ethyl adjacent to an activating group) is 1. The molecule has 5 nitrogen and oxygen atoms in total. The average Bonchev–Trinajstić information content (AvgIpc) is 2.95. The fourth-order valence-corrected chi connectivity index (χ4v) is 5.28. The molecule has 1 aliphatic heterocycles. The number of amides is 1. The third-order valence-electron chi connectivity index (χ3n) is 3.65. The van der Waals surface area contributed by atoms with Crippen LogP contribution in [0.25, 0.3) is 0 Å². The lowest BCUT2D eigenvalue weighted by Gasteiger charge is -2.29. The smallest absolute Gasteiger partial charge is 0.244 e. The summed E-state index contributed by atoms with van der Waals surface area (Å²) in [5.41, 5.74) is 0. The van der Waals surface area contributed by atoms with E-state index in [4.69, 9.17) is 0 Å². The molecule has 122 valence electrons. The lowest BCUT2D eigenvalue weighted by molar-refractivity contribution is -0.134. The Labute approximate surface area is 134 Å². The summed E-state index contributed by atoms with van der Waals surface area (Å²) in [4.78, 5) is 13.9. The number of halogens is 1. The zero-order valence-electron chi connectivity index (χ0n) is 12.7. The molecule has 0 saturated carbocycles. The normalized spacial score (nSPS) is 19.6. The first-order valence-electron chi connectivity index (χ1n) is 6.87. The maximum Gasteiger partial charge on any atom is 0.244 e. The summed E-state index contributed by atoms with van der Waals surface area (Å²) in [5.74, 6) is -0.249. The number of carbonyl (C=O) groups excluding carboxylic acids is 1. The van der Waals surface area contributed by atoms with Crippen molar-refractivity contribution in [1.29, 1.82) is 0 Å². The van der Waals surface area contributed by atoms with Crippen LogP contribution in [-0.2, 0) is 14.8 Å². The van der Waals surface area contributed by atoms with Crippen LogP contribution in [0.2, 0.25) is 0 Å². The molecular weight excluding hydrogens is 327 g/mol. The molecule has 1 heterocycles. The Morgan fingerprint density at radius 1 is 1.45 bits per heavy atom. The predicted molar refractivity (Wildman–Crippen MR) is 84.4 cm³/mol. The summed E-state index contributed by atoms with van der Waals surface area (Å²) in [6.45, 7) is 3.73. The molecule has 1 amide bonds. The van der Waals surface area contributed by atoms with Gasteiger partial charge in [0.05, 0.1) is 10.8 Å². The molecule has 0 aromatic heterocycles. The van der Waals surface area contributed by atoms with Gasteiger partial charge in [-0.15, -0.1) is 11.8 Å². The van der Waals surface area contributed by atoms with Gasteiger partial charge in [0, 0.05) is 18.8 Å². The Morgan fingerprint density at radius 3 is 2.73 bits per heavy atom. The number of hydrogen-bond acceptors (Lipinski definition) is 4. The van der Waals surface area contributed by atoms with Gasteiger partial charge < -0.3 is 4.90 Å². The van der Waals surface area contributed by atoms with E-state index in [1.165, 1.54) is 34.9 Å². The van der Waals surface area contributed by atoms with Crippen LogP contribution in [0.4, 0.5) is 4.39 Å². The van der Waals surface area contributed by atoms with Crippen molar-refractivity contribution in [2.45, 2.75) is 30.8 Å². The third kappa shape index (κ3) is 3.28. The van der Waals surface area contributed by atoms with Gasteiger partial charge in [0.1, 0.15) is 11.9 Å². The second-order valence-corrected chi connectivity index (χ2v) is 8.30. The molecule has 0 bridgehead atoms. The molecule has 1 fully saturated rings. The van der Waals surface area contributed by atoms with Crippen LogP contribution in [0, 0.1) is 5.82 Å². The van der Waals surface area contributed by atoms with Gasteiger partial charge in [0.25, 0.3) is 0 Å². The molecule has 1 aromatic carbocycles. The summed E-state index contributed by atoms with van der Waals surface area (Å²) >= 11 is 1.38. The molecule has 1 aliphatic rings. The molecule has 0 N–H and O–H groups in total. The van der Waals surface area contributed by atoms with Crippen molar-refractivity contribution in [1.82, 2.24) is 9.21 Å². The molecule has 0 radical (unpaired) electrons. The van der Waals surface area contributed by atoms with Crippen LogP contribution in [0.3, 0.4) is 0 Å².